The largest absolute Gasteiger partial charge is 0.494 e. The lowest BCUT2D eigenvalue weighted by molar-refractivity contribution is 0.0626. The average molecular weight is 1000 g/mol. The third-order valence-corrected chi connectivity index (χ3v) is 12.2. The van der Waals surface area contributed by atoms with Gasteiger partial charge in [-0.1, -0.05) is 104 Å². The number of hydrogen-bond acceptors (Lipinski definition) is 11. The van der Waals surface area contributed by atoms with Gasteiger partial charge in [0.2, 0.25) is 0 Å². The summed E-state index contributed by atoms with van der Waals surface area (Å²) in [4.78, 5) is 34.6. The molecule has 0 bridgehead atoms. The van der Waals surface area contributed by atoms with Crippen LogP contribution in [0, 0.1) is 0 Å². The Morgan fingerprint density at radius 2 is 0.689 bits per heavy atom. The van der Waals surface area contributed by atoms with E-state index in [4.69, 9.17) is 28.4 Å². The zero-order valence-corrected chi connectivity index (χ0v) is 43.3. The molecule has 0 fully saturated rings. The minimum absolute atomic E-state index is 0.0427. The van der Waals surface area contributed by atoms with E-state index in [-0.39, 0.29) is 13.2 Å². The Bertz CT molecular complexity index is 2380. The van der Waals surface area contributed by atoms with Crippen LogP contribution in [0.4, 0.5) is 11.4 Å². The second-order valence-corrected chi connectivity index (χ2v) is 18.4. The fourth-order valence-corrected chi connectivity index (χ4v) is 7.79. The van der Waals surface area contributed by atoms with Gasteiger partial charge in [0.25, 0.3) is 0 Å². The van der Waals surface area contributed by atoms with Crippen molar-refractivity contribution < 1.29 is 43.1 Å². The summed E-state index contributed by atoms with van der Waals surface area (Å²) in [7, 11) is 0. The number of rotatable bonds is 34. The van der Waals surface area contributed by atoms with Crippen molar-refractivity contribution in [3.63, 3.8) is 0 Å². The van der Waals surface area contributed by atoms with Crippen molar-refractivity contribution in [3.05, 3.63) is 168 Å². The highest BCUT2D eigenvalue weighted by atomic mass is 16.5. The zero-order valence-electron chi connectivity index (χ0n) is 43.3. The molecule has 0 amide bonds. The molecule has 6 aromatic rings. The summed E-state index contributed by atoms with van der Waals surface area (Å²) in [6.45, 7) is 5.91. The Morgan fingerprint density at radius 1 is 0.392 bits per heavy atom. The molecule has 0 atom stereocenters. The number of aliphatic imine (C=N–C) groups is 2. The molecule has 390 valence electrons. The number of carbonyl (C=O) groups is 2. The first kappa shape index (κ1) is 56.1. The van der Waals surface area contributed by atoms with E-state index in [0.29, 0.717) is 47.3 Å². The third kappa shape index (κ3) is 21.5. The van der Waals surface area contributed by atoms with Gasteiger partial charge in [-0.2, -0.15) is 0 Å². The molecule has 74 heavy (non-hydrogen) atoms. The lowest BCUT2D eigenvalue weighted by atomic mass is 10.1. The second-order valence-electron chi connectivity index (χ2n) is 18.4. The lowest BCUT2D eigenvalue weighted by Crippen LogP contribution is -2.25. The third-order valence-electron chi connectivity index (χ3n) is 12.2. The van der Waals surface area contributed by atoms with E-state index in [9.17, 15) is 14.7 Å². The Kier molecular flexibility index (Phi) is 24.8. The van der Waals surface area contributed by atoms with Gasteiger partial charge in [0.1, 0.15) is 53.8 Å². The number of aliphatic hydroxyl groups is 1. The normalized spacial score (nSPS) is 11.7. The lowest BCUT2D eigenvalue weighted by Gasteiger charge is -2.14. The van der Waals surface area contributed by atoms with Crippen LogP contribution < -0.4 is 28.4 Å². The first-order valence-electron chi connectivity index (χ1n) is 26.7. The van der Waals surface area contributed by atoms with Crippen LogP contribution in [0.15, 0.2) is 156 Å². The fourth-order valence-electron chi connectivity index (χ4n) is 7.79. The summed E-state index contributed by atoms with van der Waals surface area (Å²) < 4.78 is 34.5. The smallest absolute Gasteiger partial charge is 0.343 e. The number of benzene rings is 6. The maximum absolute atomic E-state index is 12.8. The molecule has 6 rings (SSSR count). The molecule has 0 heterocycles. The van der Waals surface area contributed by atoms with Crippen molar-refractivity contribution in [1.82, 2.24) is 0 Å². The van der Waals surface area contributed by atoms with E-state index >= 15 is 0 Å². The monoisotopic (exact) mass is 1000 g/mol. The summed E-state index contributed by atoms with van der Waals surface area (Å²) >= 11 is 0. The van der Waals surface area contributed by atoms with E-state index in [2.05, 4.69) is 23.8 Å². The van der Waals surface area contributed by atoms with Gasteiger partial charge in [-0.05, 0) is 170 Å². The summed E-state index contributed by atoms with van der Waals surface area (Å²) in [5, 5.41) is 10.5. The standard InChI is InChI=1S/C63H74N2O9/c1-3-5-7-9-11-13-15-17-43-69-56-35-23-51(24-36-56)62(67)73-60-31-19-49(20-32-60)45-64-53-27-39-58(40-28-53)71-47-55(66)48-72-59-41-29-54(30-42-59)65-46-50-21-33-61(34-22-50)74-63(68)52-25-37-57(38-26-52)70-44-18-16-14-12-10-8-6-4-2/h19-42,45-46,55,66H,3-18,43-44,47-48H2,1-2H3. The highest BCUT2D eigenvalue weighted by molar-refractivity contribution is 5.92. The zero-order chi connectivity index (χ0) is 51.8. The Labute approximate surface area is 438 Å². The van der Waals surface area contributed by atoms with E-state index in [1.807, 2.05) is 48.5 Å². The van der Waals surface area contributed by atoms with Crippen molar-refractivity contribution in [2.24, 2.45) is 9.98 Å². The van der Waals surface area contributed by atoms with Crippen molar-refractivity contribution in [2.75, 3.05) is 26.4 Å². The molecule has 11 nitrogen and oxygen atoms in total. The van der Waals surface area contributed by atoms with Crippen LogP contribution in [0.3, 0.4) is 0 Å². The number of aliphatic hydroxyl groups excluding tert-OH is 1. The summed E-state index contributed by atoms with van der Waals surface area (Å²) in [6.07, 6.45) is 22.6. The first-order valence-corrected chi connectivity index (χ1v) is 26.7. The van der Waals surface area contributed by atoms with Crippen LogP contribution in [0.2, 0.25) is 0 Å². The minimum atomic E-state index is -0.862. The number of ether oxygens (including phenoxy) is 6. The van der Waals surface area contributed by atoms with Crippen molar-refractivity contribution in [1.29, 1.82) is 0 Å². The SMILES string of the molecule is CCCCCCCCCCOc1ccc(C(=O)Oc2ccc(C=Nc3ccc(OCC(O)COc4ccc(N=Cc5ccc(OC(=O)c6ccc(OCCCCCCCCCC)cc6)cc5)cc4)cc3)cc2)cc1. The van der Waals surface area contributed by atoms with Gasteiger partial charge < -0.3 is 33.5 Å². The average Bonchev–Trinajstić information content (AvgIpc) is 3.43. The van der Waals surface area contributed by atoms with Gasteiger partial charge in [0, 0.05) is 12.4 Å². The predicted octanol–water partition coefficient (Wildman–Crippen LogP) is 15.5. The molecule has 0 unspecified atom stereocenters. The molecule has 6 aromatic carbocycles. The van der Waals surface area contributed by atoms with Crippen LogP contribution in [0.25, 0.3) is 0 Å². The number of nitrogens with zero attached hydrogens (tertiary/aromatic N) is 2. The van der Waals surface area contributed by atoms with E-state index < -0.39 is 18.0 Å². The number of esters is 2. The van der Waals surface area contributed by atoms with Crippen LogP contribution in [0.5, 0.6) is 34.5 Å². The molecule has 0 saturated carbocycles. The molecule has 0 radical (unpaired) electrons. The first-order chi connectivity index (χ1) is 36.3. The van der Waals surface area contributed by atoms with Crippen LogP contribution in [0.1, 0.15) is 148 Å². The Morgan fingerprint density at radius 3 is 1.04 bits per heavy atom. The van der Waals surface area contributed by atoms with Crippen molar-refractivity contribution >= 4 is 35.7 Å². The summed E-state index contributed by atoms with van der Waals surface area (Å²) in [5.74, 6) is 2.67. The van der Waals surface area contributed by atoms with Crippen LogP contribution >= 0.6 is 0 Å². The summed E-state index contributed by atoms with van der Waals surface area (Å²) in [6, 6.07) is 42.8. The molecule has 0 aromatic heterocycles. The fraction of sp³-hybridized carbons (Fsp3) is 0.365. The highest BCUT2D eigenvalue weighted by Crippen LogP contribution is 2.23. The molecular weight excluding hydrogens is 929 g/mol. The molecule has 0 aliphatic rings. The number of unbranched alkanes of at least 4 members (excludes halogenated alkanes) is 14. The van der Waals surface area contributed by atoms with E-state index in [0.717, 1.165) is 46.8 Å². The maximum Gasteiger partial charge on any atom is 0.343 e. The Balaban J connectivity index is 0.822. The maximum atomic E-state index is 12.8. The second kappa shape index (κ2) is 32.8. The van der Waals surface area contributed by atoms with Gasteiger partial charge >= 0.3 is 11.9 Å². The highest BCUT2D eigenvalue weighted by Gasteiger charge is 2.12. The van der Waals surface area contributed by atoms with E-state index in [1.54, 1.807) is 109 Å². The molecular formula is C63H74N2O9. The predicted molar refractivity (Wildman–Crippen MR) is 296 cm³/mol. The van der Waals surface area contributed by atoms with Gasteiger partial charge in [0.15, 0.2) is 0 Å². The van der Waals surface area contributed by atoms with Gasteiger partial charge in [-0.15, -0.1) is 0 Å². The molecule has 0 saturated heterocycles. The number of carbonyl (C=O) groups excluding carboxylic acids is 2. The van der Waals surface area contributed by atoms with Gasteiger partial charge in [-0.3, -0.25) is 9.98 Å². The van der Waals surface area contributed by atoms with Gasteiger partial charge in [-0.25, -0.2) is 9.59 Å². The molecule has 11 heteroatoms. The molecule has 0 spiro atoms. The quantitative estimate of drug-likeness (QED) is 0.0181. The van der Waals surface area contributed by atoms with Crippen LogP contribution in [-0.4, -0.2) is 62.0 Å². The molecule has 0 aliphatic carbocycles. The molecule has 1 N–H and O–H groups in total. The minimum Gasteiger partial charge on any atom is -0.494 e. The van der Waals surface area contributed by atoms with Crippen LogP contribution in [-0.2, 0) is 0 Å². The topological polar surface area (TPSA) is 134 Å². The Hall–Kier alpha value is -7.24. The van der Waals surface area contributed by atoms with Crippen molar-refractivity contribution in [2.45, 2.75) is 123 Å². The molecule has 0 aliphatic heterocycles. The van der Waals surface area contributed by atoms with Gasteiger partial charge in [0.05, 0.1) is 35.7 Å². The van der Waals surface area contributed by atoms with Crippen molar-refractivity contribution in [3.8, 4) is 34.5 Å². The van der Waals surface area contributed by atoms with E-state index in [1.165, 1.54) is 89.9 Å². The number of hydrogen-bond donors (Lipinski definition) is 1. The summed E-state index contributed by atoms with van der Waals surface area (Å²) in [5.41, 5.74) is 4.02.